The first-order valence-electron chi connectivity index (χ1n) is 5.01. The molecule has 1 rings (SSSR count). The van der Waals surface area contributed by atoms with Crippen LogP contribution in [0.1, 0.15) is 20.8 Å². The molecule has 0 aromatic heterocycles. The average molecular weight is 206 g/mol. The molecule has 0 bridgehead atoms. The van der Waals surface area contributed by atoms with E-state index in [1.54, 1.807) is 11.9 Å². The van der Waals surface area contributed by atoms with E-state index in [1.807, 2.05) is 51.1 Å². The minimum absolute atomic E-state index is 0.0892. The molecule has 0 heterocycles. The predicted molar refractivity (Wildman–Crippen MR) is 63.0 cm³/mol. The van der Waals surface area contributed by atoms with Gasteiger partial charge in [-0.05, 0) is 32.9 Å². The van der Waals surface area contributed by atoms with Gasteiger partial charge in [-0.1, -0.05) is 18.2 Å². The van der Waals surface area contributed by atoms with Crippen LogP contribution >= 0.6 is 0 Å². The highest BCUT2D eigenvalue weighted by molar-refractivity contribution is 5.89. The lowest BCUT2D eigenvalue weighted by molar-refractivity contribution is 0.178. The van der Waals surface area contributed by atoms with Crippen molar-refractivity contribution in [3.05, 3.63) is 30.3 Å². The van der Waals surface area contributed by atoms with Crippen molar-refractivity contribution in [3.63, 3.8) is 0 Å². The van der Waals surface area contributed by atoms with Crippen molar-refractivity contribution in [2.24, 2.45) is 0 Å². The molecule has 0 atom stereocenters. The normalized spacial score (nSPS) is 10.9. The number of urea groups is 1. The number of nitrogens with one attached hydrogen (secondary N) is 1. The Morgan fingerprint density at radius 1 is 1.20 bits per heavy atom. The van der Waals surface area contributed by atoms with Crippen molar-refractivity contribution in [2.75, 3.05) is 12.4 Å². The summed E-state index contributed by atoms with van der Waals surface area (Å²) in [5.74, 6) is 0. The van der Waals surface area contributed by atoms with E-state index >= 15 is 0 Å². The molecule has 0 saturated carbocycles. The van der Waals surface area contributed by atoms with Crippen LogP contribution in [0.15, 0.2) is 30.3 Å². The van der Waals surface area contributed by atoms with Crippen molar-refractivity contribution in [1.82, 2.24) is 4.90 Å². The van der Waals surface area contributed by atoms with Crippen molar-refractivity contribution >= 4 is 11.7 Å². The number of para-hydroxylation sites is 1. The molecule has 0 unspecified atom stereocenters. The van der Waals surface area contributed by atoms with Gasteiger partial charge >= 0.3 is 6.03 Å². The molecular weight excluding hydrogens is 188 g/mol. The minimum Gasteiger partial charge on any atom is -0.323 e. The molecular formula is C12H18N2O. The van der Waals surface area contributed by atoms with Crippen LogP contribution < -0.4 is 5.32 Å². The van der Waals surface area contributed by atoms with Gasteiger partial charge in [0, 0.05) is 18.3 Å². The maximum atomic E-state index is 11.8. The van der Waals surface area contributed by atoms with Gasteiger partial charge in [0.2, 0.25) is 0 Å². The van der Waals surface area contributed by atoms with Gasteiger partial charge in [0.05, 0.1) is 0 Å². The van der Waals surface area contributed by atoms with E-state index in [0.717, 1.165) is 5.69 Å². The molecule has 82 valence electrons. The van der Waals surface area contributed by atoms with Crippen molar-refractivity contribution in [1.29, 1.82) is 0 Å². The zero-order valence-corrected chi connectivity index (χ0v) is 9.74. The number of hydrogen-bond acceptors (Lipinski definition) is 1. The Morgan fingerprint density at radius 2 is 1.73 bits per heavy atom. The molecule has 1 aromatic carbocycles. The second-order valence-corrected chi connectivity index (χ2v) is 4.53. The summed E-state index contributed by atoms with van der Waals surface area (Å²) in [5, 5.41) is 2.84. The van der Waals surface area contributed by atoms with Crippen LogP contribution in [0.4, 0.5) is 10.5 Å². The molecule has 15 heavy (non-hydrogen) atoms. The van der Waals surface area contributed by atoms with Gasteiger partial charge in [-0.25, -0.2) is 4.79 Å². The summed E-state index contributed by atoms with van der Waals surface area (Å²) in [6.45, 7) is 5.99. The number of hydrogen-bond donors (Lipinski definition) is 1. The fourth-order valence-electron chi connectivity index (χ4n) is 1.03. The van der Waals surface area contributed by atoms with E-state index < -0.39 is 0 Å². The van der Waals surface area contributed by atoms with Gasteiger partial charge in [-0.3, -0.25) is 0 Å². The molecule has 0 aliphatic rings. The lowest BCUT2D eigenvalue weighted by Gasteiger charge is -2.31. The van der Waals surface area contributed by atoms with Gasteiger partial charge in [0.25, 0.3) is 0 Å². The highest BCUT2D eigenvalue weighted by atomic mass is 16.2. The van der Waals surface area contributed by atoms with E-state index in [4.69, 9.17) is 0 Å². The predicted octanol–water partition coefficient (Wildman–Crippen LogP) is 2.95. The molecule has 2 amide bonds. The summed E-state index contributed by atoms with van der Waals surface area (Å²) < 4.78 is 0. The Kier molecular flexibility index (Phi) is 3.35. The second kappa shape index (κ2) is 4.34. The van der Waals surface area contributed by atoms with E-state index in [9.17, 15) is 4.79 Å². The Bertz CT molecular complexity index is 327. The van der Waals surface area contributed by atoms with Gasteiger partial charge < -0.3 is 10.2 Å². The molecule has 0 radical (unpaired) electrons. The first kappa shape index (κ1) is 11.6. The molecule has 1 aromatic rings. The van der Waals surface area contributed by atoms with Gasteiger partial charge in [-0.15, -0.1) is 0 Å². The van der Waals surface area contributed by atoms with Crippen LogP contribution in [0.2, 0.25) is 0 Å². The number of anilines is 1. The Labute approximate surface area is 91.1 Å². The van der Waals surface area contributed by atoms with Crippen LogP contribution in [-0.2, 0) is 0 Å². The summed E-state index contributed by atoms with van der Waals surface area (Å²) in [6, 6.07) is 9.36. The summed E-state index contributed by atoms with van der Waals surface area (Å²) >= 11 is 0. The Hall–Kier alpha value is -1.51. The quantitative estimate of drug-likeness (QED) is 0.752. The van der Waals surface area contributed by atoms with Crippen LogP contribution in [-0.4, -0.2) is 23.5 Å². The largest absolute Gasteiger partial charge is 0.323 e. The lowest BCUT2D eigenvalue weighted by atomic mass is 10.1. The van der Waals surface area contributed by atoms with Crippen LogP contribution in [0.3, 0.4) is 0 Å². The first-order valence-corrected chi connectivity index (χ1v) is 5.01. The summed E-state index contributed by atoms with van der Waals surface area (Å²) in [6.07, 6.45) is 0. The molecule has 3 heteroatoms. The van der Waals surface area contributed by atoms with Crippen LogP contribution in [0, 0.1) is 0 Å². The lowest BCUT2D eigenvalue weighted by Crippen LogP contribution is -2.44. The van der Waals surface area contributed by atoms with Crippen molar-refractivity contribution < 1.29 is 4.79 Å². The standard InChI is InChI=1S/C12H18N2O/c1-12(2,3)14(4)11(15)13-10-8-6-5-7-9-10/h5-9H,1-4H3,(H,13,15). The van der Waals surface area contributed by atoms with E-state index in [2.05, 4.69) is 5.32 Å². The highest BCUT2D eigenvalue weighted by Gasteiger charge is 2.21. The fraction of sp³-hybridized carbons (Fsp3) is 0.417. The highest BCUT2D eigenvalue weighted by Crippen LogP contribution is 2.13. The third kappa shape index (κ3) is 3.27. The molecule has 0 saturated heterocycles. The number of nitrogens with zero attached hydrogens (tertiary/aromatic N) is 1. The summed E-state index contributed by atoms with van der Waals surface area (Å²) in [4.78, 5) is 13.5. The molecule has 0 spiro atoms. The number of rotatable bonds is 1. The van der Waals surface area contributed by atoms with Crippen LogP contribution in [0.25, 0.3) is 0 Å². The zero-order chi connectivity index (χ0) is 11.5. The number of carbonyl (C=O) groups is 1. The molecule has 1 N–H and O–H groups in total. The van der Waals surface area contributed by atoms with E-state index in [0.29, 0.717) is 0 Å². The summed E-state index contributed by atoms with van der Waals surface area (Å²) in [5.41, 5.74) is 0.650. The first-order chi connectivity index (χ1) is 6.91. The van der Waals surface area contributed by atoms with Crippen molar-refractivity contribution in [2.45, 2.75) is 26.3 Å². The number of carbonyl (C=O) groups excluding carboxylic acids is 1. The molecule has 0 aliphatic heterocycles. The smallest absolute Gasteiger partial charge is 0.322 e. The third-order valence-electron chi connectivity index (χ3n) is 2.34. The second-order valence-electron chi connectivity index (χ2n) is 4.53. The van der Waals surface area contributed by atoms with E-state index in [-0.39, 0.29) is 11.6 Å². The summed E-state index contributed by atoms with van der Waals surface area (Å²) in [7, 11) is 1.79. The molecule has 3 nitrogen and oxygen atoms in total. The molecule has 0 aliphatic carbocycles. The Balaban J connectivity index is 2.65. The SMILES string of the molecule is CN(C(=O)Nc1ccccc1)C(C)(C)C. The fourth-order valence-corrected chi connectivity index (χ4v) is 1.03. The Morgan fingerprint density at radius 3 is 2.20 bits per heavy atom. The topological polar surface area (TPSA) is 32.3 Å². The monoisotopic (exact) mass is 206 g/mol. The average Bonchev–Trinajstić information content (AvgIpc) is 2.16. The van der Waals surface area contributed by atoms with Crippen LogP contribution in [0.5, 0.6) is 0 Å². The van der Waals surface area contributed by atoms with Gasteiger partial charge in [0.15, 0.2) is 0 Å². The maximum Gasteiger partial charge on any atom is 0.322 e. The minimum atomic E-state index is -0.168. The van der Waals surface area contributed by atoms with Gasteiger partial charge in [0.1, 0.15) is 0 Å². The number of benzene rings is 1. The maximum absolute atomic E-state index is 11.8. The number of amides is 2. The third-order valence-corrected chi connectivity index (χ3v) is 2.34. The van der Waals surface area contributed by atoms with E-state index in [1.165, 1.54) is 0 Å². The zero-order valence-electron chi connectivity index (χ0n) is 9.74. The van der Waals surface area contributed by atoms with Gasteiger partial charge in [-0.2, -0.15) is 0 Å². The molecule has 0 fully saturated rings. The van der Waals surface area contributed by atoms with Crippen molar-refractivity contribution in [3.8, 4) is 0 Å².